The maximum Gasteiger partial charge on any atom is 0.274 e. The Balaban J connectivity index is 1.38. The van der Waals surface area contributed by atoms with Crippen LogP contribution in [0.1, 0.15) is 20.8 Å². The van der Waals surface area contributed by atoms with Gasteiger partial charge in [-0.05, 0) is 42.5 Å². The van der Waals surface area contributed by atoms with E-state index in [1.807, 2.05) is 47.4 Å². The van der Waals surface area contributed by atoms with Gasteiger partial charge in [-0.15, -0.1) is 0 Å². The minimum absolute atomic E-state index is 0.0499. The molecule has 0 unspecified atom stereocenters. The zero-order valence-electron chi connectivity index (χ0n) is 16.3. The number of piperazine rings is 1. The lowest BCUT2D eigenvalue weighted by molar-refractivity contribution is 0.0746. The molecule has 6 nitrogen and oxygen atoms in total. The zero-order valence-corrected chi connectivity index (χ0v) is 17.0. The van der Waals surface area contributed by atoms with Gasteiger partial charge in [-0.25, -0.2) is 0 Å². The lowest BCUT2D eigenvalue weighted by Crippen LogP contribution is -2.48. The smallest absolute Gasteiger partial charge is 0.274 e. The first-order chi connectivity index (χ1) is 14.6. The maximum atomic E-state index is 12.6. The highest BCUT2D eigenvalue weighted by Crippen LogP contribution is 2.30. The summed E-state index contributed by atoms with van der Waals surface area (Å²) in [6.45, 7) is 2.64. The summed E-state index contributed by atoms with van der Waals surface area (Å²) in [5.74, 6) is -0.235. The van der Waals surface area contributed by atoms with Gasteiger partial charge in [0, 0.05) is 43.6 Å². The summed E-state index contributed by atoms with van der Waals surface area (Å²) >= 11 is 6.50. The first-order valence-corrected chi connectivity index (χ1v) is 10.1. The molecule has 3 aromatic rings. The van der Waals surface area contributed by atoms with Crippen molar-refractivity contribution in [3.8, 4) is 0 Å². The number of carbonyl (C=O) groups excluding carboxylic acids is 2. The third kappa shape index (κ3) is 4.44. The van der Waals surface area contributed by atoms with Crippen molar-refractivity contribution in [1.82, 2.24) is 9.88 Å². The Hall–Kier alpha value is -3.38. The van der Waals surface area contributed by atoms with Gasteiger partial charge >= 0.3 is 0 Å². The number of nitrogens with zero attached hydrogens (tertiary/aromatic N) is 3. The van der Waals surface area contributed by atoms with Crippen LogP contribution in [0.5, 0.6) is 0 Å². The van der Waals surface area contributed by atoms with Gasteiger partial charge in [0.1, 0.15) is 5.69 Å². The van der Waals surface area contributed by atoms with Crippen LogP contribution in [0.3, 0.4) is 0 Å². The van der Waals surface area contributed by atoms with Crippen molar-refractivity contribution < 1.29 is 9.59 Å². The molecule has 2 aromatic carbocycles. The largest absolute Gasteiger partial charge is 0.367 e. The molecule has 0 radical (unpaired) electrons. The van der Waals surface area contributed by atoms with Crippen LogP contribution in [0.25, 0.3) is 0 Å². The van der Waals surface area contributed by atoms with E-state index >= 15 is 0 Å². The standard InChI is InChI=1S/C23H21ClN4O2/c24-19-16-18(26-22(29)20-8-4-5-11-25-20)9-10-21(19)27-12-14-28(15-13-27)23(30)17-6-2-1-3-7-17/h1-11,16H,12-15H2,(H,26,29). The number of halogens is 1. The van der Waals surface area contributed by atoms with E-state index in [0.717, 1.165) is 5.69 Å². The Morgan fingerprint density at radius 1 is 0.900 bits per heavy atom. The van der Waals surface area contributed by atoms with Gasteiger partial charge in [-0.3, -0.25) is 14.6 Å². The number of benzene rings is 2. The van der Waals surface area contributed by atoms with Crippen LogP contribution in [0.2, 0.25) is 5.02 Å². The summed E-state index contributed by atoms with van der Waals surface area (Å²) in [6.07, 6.45) is 1.58. The Morgan fingerprint density at radius 2 is 1.63 bits per heavy atom. The van der Waals surface area contributed by atoms with Crippen LogP contribution in [0.4, 0.5) is 11.4 Å². The van der Waals surface area contributed by atoms with Crippen LogP contribution in [-0.2, 0) is 0 Å². The van der Waals surface area contributed by atoms with Crippen LogP contribution < -0.4 is 10.2 Å². The first kappa shape index (κ1) is 19.9. The molecule has 152 valence electrons. The first-order valence-electron chi connectivity index (χ1n) is 9.73. The molecule has 4 rings (SSSR count). The van der Waals surface area contributed by atoms with Gasteiger partial charge in [-0.1, -0.05) is 35.9 Å². The predicted molar refractivity (Wildman–Crippen MR) is 118 cm³/mol. The molecule has 0 bridgehead atoms. The molecule has 0 saturated carbocycles. The Kier molecular flexibility index (Phi) is 5.95. The van der Waals surface area contributed by atoms with E-state index in [-0.39, 0.29) is 11.8 Å². The molecule has 0 aliphatic carbocycles. The third-order valence-corrected chi connectivity index (χ3v) is 5.33. The van der Waals surface area contributed by atoms with Gasteiger partial charge < -0.3 is 15.1 Å². The van der Waals surface area contributed by atoms with Crippen molar-refractivity contribution in [3.05, 3.63) is 89.2 Å². The minimum atomic E-state index is -0.285. The summed E-state index contributed by atoms with van der Waals surface area (Å²) in [7, 11) is 0. The van der Waals surface area contributed by atoms with Gasteiger partial charge in [0.15, 0.2) is 0 Å². The molecular formula is C23H21ClN4O2. The highest BCUT2D eigenvalue weighted by molar-refractivity contribution is 6.33. The van der Waals surface area contributed by atoms with E-state index in [9.17, 15) is 9.59 Å². The fourth-order valence-corrected chi connectivity index (χ4v) is 3.75. The van der Waals surface area contributed by atoms with Gasteiger partial charge in [-0.2, -0.15) is 0 Å². The molecule has 7 heteroatoms. The van der Waals surface area contributed by atoms with Crippen molar-refractivity contribution in [2.45, 2.75) is 0 Å². The second-order valence-corrected chi connectivity index (χ2v) is 7.39. The number of nitrogens with one attached hydrogen (secondary N) is 1. The van der Waals surface area contributed by atoms with E-state index in [0.29, 0.717) is 48.1 Å². The summed E-state index contributed by atoms with van der Waals surface area (Å²) in [4.78, 5) is 32.9. The summed E-state index contributed by atoms with van der Waals surface area (Å²) < 4.78 is 0. The second kappa shape index (κ2) is 8.97. The lowest BCUT2D eigenvalue weighted by Gasteiger charge is -2.36. The predicted octanol–water partition coefficient (Wildman–Crippen LogP) is 3.95. The molecule has 1 aliphatic heterocycles. The van der Waals surface area contributed by atoms with Gasteiger partial charge in [0.25, 0.3) is 11.8 Å². The van der Waals surface area contributed by atoms with Crippen LogP contribution in [-0.4, -0.2) is 47.9 Å². The Bertz CT molecular complexity index is 1040. The summed E-state index contributed by atoms with van der Waals surface area (Å²) in [6, 6.07) is 20.0. The van der Waals surface area contributed by atoms with Crippen molar-refractivity contribution >= 4 is 34.8 Å². The van der Waals surface area contributed by atoms with E-state index in [4.69, 9.17) is 11.6 Å². The molecule has 1 aliphatic rings. The molecule has 2 heterocycles. The molecule has 1 saturated heterocycles. The average molecular weight is 421 g/mol. The number of hydrogen-bond donors (Lipinski definition) is 1. The normalized spacial score (nSPS) is 13.8. The molecule has 1 fully saturated rings. The van der Waals surface area contributed by atoms with Crippen LogP contribution >= 0.6 is 11.6 Å². The highest BCUT2D eigenvalue weighted by Gasteiger charge is 2.23. The van der Waals surface area contributed by atoms with Crippen molar-refractivity contribution in [3.63, 3.8) is 0 Å². The SMILES string of the molecule is O=C(Nc1ccc(N2CCN(C(=O)c3ccccc3)CC2)c(Cl)c1)c1ccccn1. The summed E-state index contributed by atoms with van der Waals surface area (Å²) in [5, 5.41) is 3.36. The second-order valence-electron chi connectivity index (χ2n) is 6.98. The number of aromatic nitrogens is 1. The molecule has 30 heavy (non-hydrogen) atoms. The highest BCUT2D eigenvalue weighted by atomic mass is 35.5. The number of anilines is 2. The van der Waals surface area contributed by atoms with Crippen LogP contribution in [0, 0.1) is 0 Å². The van der Waals surface area contributed by atoms with Crippen molar-refractivity contribution in [2.75, 3.05) is 36.4 Å². The number of hydrogen-bond acceptors (Lipinski definition) is 4. The van der Waals surface area contributed by atoms with E-state index < -0.39 is 0 Å². The molecule has 0 atom stereocenters. The Morgan fingerprint density at radius 3 is 2.30 bits per heavy atom. The monoisotopic (exact) mass is 420 g/mol. The van der Waals surface area contributed by atoms with E-state index in [1.54, 1.807) is 30.5 Å². The van der Waals surface area contributed by atoms with Crippen molar-refractivity contribution in [1.29, 1.82) is 0 Å². The van der Waals surface area contributed by atoms with E-state index in [1.165, 1.54) is 0 Å². The number of rotatable bonds is 4. The third-order valence-electron chi connectivity index (χ3n) is 5.03. The molecule has 1 aromatic heterocycles. The maximum absolute atomic E-state index is 12.6. The Labute approximate surface area is 180 Å². The lowest BCUT2D eigenvalue weighted by atomic mass is 10.1. The van der Waals surface area contributed by atoms with Gasteiger partial charge in [0.2, 0.25) is 0 Å². The fraction of sp³-hybridized carbons (Fsp3) is 0.174. The molecule has 1 N–H and O–H groups in total. The van der Waals surface area contributed by atoms with E-state index in [2.05, 4.69) is 15.2 Å². The number of carbonyl (C=O) groups is 2. The zero-order chi connectivity index (χ0) is 20.9. The topological polar surface area (TPSA) is 65.5 Å². The number of amides is 2. The molecule has 2 amide bonds. The van der Waals surface area contributed by atoms with Crippen molar-refractivity contribution in [2.24, 2.45) is 0 Å². The minimum Gasteiger partial charge on any atom is -0.367 e. The fourth-order valence-electron chi connectivity index (χ4n) is 3.45. The molecular weight excluding hydrogens is 400 g/mol. The summed E-state index contributed by atoms with van der Waals surface area (Å²) in [5.41, 5.74) is 2.55. The molecule has 0 spiro atoms. The van der Waals surface area contributed by atoms with Gasteiger partial charge in [0.05, 0.1) is 10.7 Å². The average Bonchev–Trinajstić information content (AvgIpc) is 2.80. The van der Waals surface area contributed by atoms with Crippen LogP contribution in [0.15, 0.2) is 72.9 Å². The quantitative estimate of drug-likeness (QED) is 0.694. The number of pyridine rings is 1.